The SMILES string of the molecule is COC.O=C(O)CBr. The summed E-state index contributed by atoms with van der Waals surface area (Å²) in [6, 6.07) is 0. The van der Waals surface area contributed by atoms with Crippen molar-refractivity contribution in [2.45, 2.75) is 0 Å². The molecule has 0 aliphatic rings. The first-order valence-corrected chi connectivity index (χ1v) is 2.99. The average Bonchev–Trinajstić information content (AvgIpc) is 1.69. The minimum absolute atomic E-state index is 0.0347. The van der Waals surface area contributed by atoms with E-state index in [1.807, 2.05) is 0 Å². The van der Waals surface area contributed by atoms with Crippen molar-refractivity contribution in [3.8, 4) is 0 Å². The summed E-state index contributed by atoms with van der Waals surface area (Å²) in [6.07, 6.45) is 0. The Hall–Kier alpha value is -0.0900. The molecule has 0 spiro atoms. The third kappa shape index (κ3) is 39.1. The van der Waals surface area contributed by atoms with Crippen LogP contribution in [0.2, 0.25) is 0 Å². The molecule has 0 fully saturated rings. The van der Waals surface area contributed by atoms with Gasteiger partial charge in [0.2, 0.25) is 0 Å². The molecule has 0 bridgehead atoms. The molecule has 0 amide bonds. The maximum Gasteiger partial charge on any atom is 0.314 e. The Morgan fingerprint density at radius 1 is 1.75 bits per heavy atom. The Morgan fingerprint density at radius 3 is 1.88 bits per heavy atom. The Morgan fingerprint density at radius 2 is 1.88 bits per heavy atom. The largest absolute Gasteiger partial charge is 0.481 e. The molecule has 8 heavy (non-hydrogen) atoms. The average molecular weight is 185 g/mol. The number of alkyl halides is 1. The number of carboxylic acids is 1. The van der Waals surface area contributed by atoms with Crippen LogP contribution in [0.25, 0.3) is 0 Å². The molecule has 0 saturated carbocycles. The normalized spacial score (nSPS) is 6.88. The van der Waals surface area contributed by atoms with Gasteiger partial charge in [-0.2, -0.15) is 0 Å². The highest BCUT2D eigenvalue weighted by Gasteiger charge is 1.83. The smallest absolute Gasteiger partial charge is 0.314 e. The van der Waals surface area contributed by atoms with Crippen molar-refractivity contribution in [2.24, 2.45) is 0 Å². The van der Waals surface area contributed by atoms with Crippen LogP contribution in [0.1, 0.15) is 0 Å². The molecule has 0 aliphatic carbocycles. The maximum atomic E-state index is 9.32. The van der Waals surface area contributed by atoms with Gasteiger partial charge in [-0.1, -0.05) is 15.9 Å². The van der Waals surface area contributed by atoms with Crippen molar-refractivity contribution in [2.75, 3.05) is 19.5 Å². The van der Waals surface area contributed by atoms with Gasteiger partial charge in [-0.3, -0.25) is 4.79 Å². The van der Waals surface area contributed by atoms with E-state index in [1.54, 1.807) is 14.2 Å². The number of rotatable bonds is 1. The van der Waals surface area contributed by atoms with Crippen molar-refractivity contribution in [1.82, 2.24) is 0 Å². The molecule has 3 nitrogen and oxygen atoms in total. The minimum Gasteiger partial charge on any atom is -0.481 e. The molecule has 0 rings (SSSR count). The summed E-state index contributed by atoms with van der Waals surface area (Å²) in [7, 11) is 3.25. The zero-order valence-electron chi connectivity index (χ0n) is 4.85. The number of halogens is 1. The van der Waals surface area contributed by atoms with Crippen LogP contribution < -0.4 is 0 Å². The van der Waals surface area contributed by atoms with Gasteiger partial charge in [-0.15, -0.1) is 0 Å². The molecule has 50 valence electrons. The maximum absolute atomic E-state index is 9.32. The summed E-state index contributed by atoms with van der Waals surface area (Å²) in [6.45, 7) is 0. The topological polar surface area (TPSA) is 46.5 Å². The summed E-state index contributed by atoms with van der Waals surface area (Å²) >= 11 is 2.71. The lowest BCUT2D eigenvalue weighted by Gasteiger charge is -1.70. The van der Waals surface area contributed by atoms with E-state index in [2.05, 4.69) is 20.7 Å². The number of hydrogen-bond donors (Lipinski definition) is 1. The van der Waals surface area contributed by atoms with Crippen LogP contribution in [-0.4, -0.2) is 30.6 Å². The second-order valence-electron chi connectivity index (χ2n) is 0.936. The first-order chi connectivity index (χ1) is 3.68. The minimum atomic E-state index is -0.829. The molecule has 0 unspecified atom stereocenters. The molecule has 0 atom stereocenters. The number of carbonyl (C=O) groups is 1. The monoisotopic (exact) mass is 184 g/mol. The highest BCUT2D eigenvalue weighted by Crippen LogP contribution is 1.73. The molecule has 4 heteroatoms. The molecule has 0 saturated heterocycles. The van der Waals surface area contributed by atoms with E-state index in [9.17, 15) is 4.79 Å². The predicted octanol–water partition coefficient (Wildman–Crippen LogP) is 0.729. The van der Waals surface area contributed by atoms with Gasteiger partial charge in [0.15, 0.2) is 0 Å². The fraction of sp³-hybridized carbons (Fsp3) is 0.750. The van der Waals surface area contributed by atoms with Crippen molar-refractivity contribution in [3.05, 3.63) is 0 Å². The molecule has 0 aliphatic heterocycles. The quantitative estimate of drug-likeness (QED) is 0.612. The zero-order chi connectivity index (χ0) is 6.99. The summed E-state index contributed by atoms with van der Waals surface area (Å²) in [4.78, 5) is 9.32. The standard InChI is InChI=1S/C2H3BrO2.C2H6O/c3-1-2(4)5;1-3-2/h1H2,(H,4,5);1-2H3. The number of methoxy groups -OCH3 is 1. The van der Waals surface area contributed by atoms with Crippen LogP contribution in [0.5, 0.6) is 0 Å². The Bertz CT molecular complexity index is 55.2. The number of hydrogen-bond acceptors (Lipinski definition) is 2. The summed E-state index contributed by atoms with van der Waals surface area (Å²) in [5.41, 5.74) is 0. The molecular weight excluding hydrogens is 176 g/mol. The van der Waals surface area contributed by atoms with E-state index in [1.165, 1.54) is 0 Å². The van der Waals surface area contributed by atoms with Crippen molar-refractivity contribution >= 4 is 21.9 Å². The lowest BCUT2D eigenvalue weighted by molar-refractivity contribution is -0.133. The van der Waals surface area contributed by atoms with Crippen molar-refractivity contribution < 1.29 is 14.6 Å². The van der Waals surface area contributed by atoms with Crippen LogP contribution in [-0.2, 0) is 9.53 Å². The Labute approximate surface area is 56.8 Å². The number of aliphatic carboxylic acids is 1. The fourth-order valence-electron chi connectivity index (χ4n) is 0. The van der Waals surface area contributed by atoms with E-state index < -0.39 is 5.97 Å². The van der Waals surface area contributed by atoms with Crippen molar-refractivity contribution in [1.29, 1.82) is 0 Å². The molecule has 0 aromatic heterocycles. The molecule has 0 heterocycles. The molecule has 0 radical (unpaired) electrons. The van der Waals surface area contributed by atoms with Crippen LogP contribution in [0.4, 0.5) is 0 Å². The van der Waals surface area contributed by atoms with Crippen LogP contribution in [0.15, 0.2) is 0 Å². The van der Waals surface area contributed by atoms with Crippen LogP contribution in [0, 0.1) is 0 Å². The fourth-order valence-corrected chi connectivity index (χ4v) is 0. The second-order valence-corrected chi connectivity index (χ2v) is 1.50. The third-order valence-electron chi connectivity index (χ3n) is 0.114. The first kappa shape index (κ1) is 10.8. The third-order valence-corrected chi connectivity index (χ3v) is 0.594. The van der Waals surface area contributed by atoms with Gasteiger partial charge in [0.25, 0.3) is 0 Å². The van der Waals surface area contributed by atoms with E-state index in [0.717, 1.165) is 0 Å². The Balaban J connectivity index is 0. The molecule has 0 aromatic carbocycles. The lowest BCUT2D eigenvalue weighted by atomic mass is 10.8. The molecule has 1 N–H and O–H groups in total. The first-order valence-electron chi connectivity index (χ1n) is 1.87. The summed E-state index contributed by atoms with van der Waals surface area (Å²) < 4.78 is 4.25. The van der Waals surface area contributed by atoms with Gasteiger partial charge >= 0.3 is 5.97 Å². The molecule has 0 aromatic rings. The number of ether oxygens (including phenoxy) is 1. The van der Waals surface area contributed by atoms with Gasteiger partial charge in [-0.05, 0) is 0 Å². The molecular formula is C4H9BrO3. The van der Waals surface area contributed by atoms with Gasteiger partial charge in [0.05, 0.1) is 0 Å². The van der Waals surface area contributed by atoms with E-state index in [-0.39, 0.29) is 5.33 Å². The van der Waals surface area contributed by atoms with E-state index in [0.29, 0.717) is 0 Å². The highest BCUT2D eigenvalue weighted by atomic mass is 79.9. The van der Waals surface area contributed by atoms with Gasteiger partial charge in [-0.25, -0.2) is 0 Å². The van der Waals surface area contributed by atoms with Gasteiger partial charge in [0.1, 0.15) is 5.33 Å². The highest BCUT2D eigenvalue weighted by molar-refractivity contribution is 9.09. The second kappa shape index (κ2) is 10.0. The summed E-state index contributed by atoms with van der Waals surface area (Å²) in [5, 5.41) is 7.71. The van der Waals surface area contributed by atoms with E-state index in [4.69, 9.17) is 5.11 Å². The summed E-state index contributed by atoms with van der Waals surface area (Å²) in [5.74, 6) is -0.829. The van der Waals surface area contributed by atoms with Crippen LogP contribution >= 0.6 is 15.9 Å². The van der Waals surface area contributed by atoms with Crippen molar-refractivity contribution in [3.63, 3.8) is 0 Å². The number of carboxylic acid groups (broad SMARTS) is 1. The predicted molar refractivity (Wildman–Crippen MR) is 34.4 cm³/mol. The van der Waals surface area contributed by atoms with E-state index >= 15 is 0 Å². The van der Waals surface area contributed by atoms with Gasteiger partial charge < -0.3 is 9.84 Å². The lowest BCUT2D eigenvalue weighted by Crippen LogP contribution is -1.92. The van der Waals surface area contributed by atoms with Crippen LogP contribution in [0.3, 0.4) is 0 Å². The van der Waals surface area contributed by atoms with Gasteiger partial charge in [0, 0.05) is 14.2 Å². The Kier molecular flexibility index (Phi) is 13.5. The zero-order valence-corrected chi connectivity index (χ0v) is 6.43.